The first kappa shape index (κ1) is 16.6. The molecule has 1 fully saturated rings. The van der Waals surface area contributed by atoms with Gasteiger partial charge in [0.25, 0.3) is 6.43 Å². The summed E-state index contributed by atoms with van der Waals surface area (Å²) in [6, 6.07) is -0.698. The zero-order valence-corrected chi connectivity index (χ0v) is 11.1. The van der Waals surface area contributed by atoms with Crippen molar-refractivity contribution < 1.29 is 28.6 Å². The molecule has 0 bridgehead atoms. The molecule has 20 heavy (non-hydrogen) atoms. The molecular formula is C12H20F2N2O4. The van der Waals surface area contributed by atoms with E-state index in [9.17, 15) is 18.4 Å². The van der Waals surface area contributed by atoms with Crippen molar-refractivity contribution in [3.05, 3.63) is 0 Å². The zero-order chi connectivity index (χ0) is 15.2. The number of carboxylic acid groups (broad SMARTS) is 1. The molecule has 0 unspecified atom stereocenters. The molecule has 0 aromatic carbocycles. The summed E-state index contributed by atoms with van der Waals surface area (Å²) in [4.78, 5) is 23.4. The maximum atomic E-state index is 12.3. The topological polar surface area (TPSA) is 89.9 Å². The summed E-state index contributed by atoms with van der Waals surface area (Å²) in [5, 5.41) is 20.1. The predicted octanol–water partition coefficient (Wildman–Crippen LogP) is 0.900. The van der Waals surface area contributed by atoms with Gasteiger partial charge in [0.15, 0.2) is 0 Å². The van der Waals surface area contributed by atoms with Crippen molar-refractivity contribution >= 4 is 12.0 Å². The van der Waals surface area contributed by atoms with E-state index in [4.69, 9.17) is 10.2 Å². The Morgan fingerprint density at radius 1 is 1.35 bits per heavy atom. The largest absolute Gasteiger partial charge is 0.481 e. The molecule has 0 atom stereocenters. The van der Waals surface area contributed by atoms with Gasteiger partial charge in [0.2, 0.25) is 0 Å². The molecule has 2 amide bonds. The molecular weight excluding hydrogens is 274 g/mol. The smallest absolute Gasteiger partial charge is 0.317 e. The average Bonchev–Trinajstić information content (AvgIpc) is 2.30. The zero-order valence-electron chi connectivity index (χ0n) is 11.1. The van der Waals surface area contributed by atoms with Crippen LogP contribution < -0.4 is 5.32 Å². The number of carboxylic acids is 1. The van der Waals surface area contributed by atoms with E-state index in [0.717, 1.165) is 11.3 Å². The number of aliphatic carboxylic acids is 1. The molecule has 0 saturated heterocycles. The number of alkyl halides is 2. The maximum absolute atomic E-state index is 12.3. The van der Waals surface area contributed by atoms with Crippen LogP contribution in [0.3, 0.4) is 0 Å². The number of nitrogens with one attached hydrogen (secondary N) is 1. The minimum atomic E-state index is -2.68. The Hall–Kier alpha value is -1.44. The van der Waals surface area contributed by atoms with E-state index in [-0.39, 0.29) is 19.5 Å². The highest BCUT2D eigenvalue weighted by Gasteiger charge is 2.39. The second kappa shape index (κ2) is 7.37. The van der Waals surface area contributed by atoms with Crippen LogP contribution >= 0.6 is 0 Å². The number of carbonyl (C=O) groups is 2. The first-order chi connectivity index (χ1) is 9.38. The van der Waals surface area contributed by atoms with Gasteiger partial charge in [-0.05, 0) is 18.3 Å². The third-order valence-corrected chi connectivity index (χ3v) is 3.57. The van der Waals surface area contributed by atoms with Crippen molar-refractivity contribution in [1.29, 1.82) is 0 Å². The van der Waals surface area contributed by atoms with Crippen molar-refractivity contribution in [3.8, 4) is 0 Å². The van der Waals surface area contributed by atoms with Crippen molar-refractivity contribution in [2.45, 2.75) is 32.1 Å². The third kappa shape index (κ3) is 4.92. The van der Waals surface area contributed by atoms with E-state index in [1.165, 1.54) is 0 Å². The molecule has 0 aromatic heterocycles. The molecule has 0 aromatic rings. The number of hydrogen-bond donors (Lipinski definition) is 3. The Labute approximate surface area is 115 Å². The van der Waals surface area contributed by atoms with E-state index >= 15 is 0 Å². The number of nitrogens with zero attached hydrogens (tertiary/aromatic N) is 1. The van der Waals surface area contributed by atoms with E-state index in [0.29, 0.717) is 12.8 Å². The predicted molar refractivity (Wildman–Crippen MR) is 66.6 cm³/mol. The molecule has 116 valence electrons. The molecule has 1 aliphatic rings. The van der Waals surface area contributed by atoms with Crippen LogP contribution in [0.25, 0.3) is 0 Å². The van der Waals surface area contributed by atoms with E-state index in [1.807, 2.05) is 0 Å². The fraction of sp³-hybridized carbons (Fsp3) is 0.833. The van der Waals surface area contributed by atoms with Crippen molar-refractivity contribution in [2.75, 3.05) is 26.2 Å². The van der Waals surface area contributed by atoms with Gasteiger partial charge in [-0.2, -0.15) is 0 Å². The Morgan fingerprint density at radius 2 is 2.00 bits per heavy atom. The lowest BCUT2D eigenvalue weighted by molar-refractivity contribution is -0.141. The maximum Gasteiger partial charge on any atom is 0.317 e. The second-order valence-corrected chi connectivity index (χ2v) is 5.14. The summed E-state index contributed by atoms with van der Waals surface area (Å²) < 4.78 is 24.6. The Morgan fingerprint density at radius 3 is 2.40 bits per heavy atom. The highest BCUT2D eigenvalue weighted by molar-refractivity contribution is 5.74. The number of rotatable bonds is 8. The second-order valence-electron chi connectivity index (χ2n) is 5.14. The summed E-state index contributed by atoms with van der Waals surface area (Å²) in [5.41, 5.74) is -0.461. The minimum absolute atomic E-state index is 0.0396. The molecule has 0 aliphatic heterocycles. The van der Waals surface area contributed by atoms with Crippen molar-refractivity contribution in [1.82, 2.24) is 10.2 Å². The summed E-state index contributed by atoms with van der Waals surface area (Å²) in [5.74, 6) is -0.932. The number of amides is 2. The van der Waals surface area contributed by atoms with Gasteiger partial charge in [0, 0.05) is 13.1 Å². The molecule has 0 heterocycles. The van der Waals surface area contributed by atoms with Gasteiger partial charge in [0.05, 0.1) is 19.6 Å². The molecule has 6 nitrogen and oxygen atoms in total. The fourth-order valence-electron chi connectivity index (χ4n) is 2.35. The first-order valence-corrected chi connectivity index (χ1v) is 6.52. The quantitative estimate of drug-likeness (QED) is 0.620. The molecule has 1 saturated carbocycles. The number of hydrogen-bond acceptors (Lipinski definition) is 3. The third-order valence-electron chi connectivity index (χ3n) is 3.57. The SMILES string of the molecule is O=C(O)CC1(CNC(=O)N(CCO)CC(F)F)CCC1. The van der Waals surface area contributed by atoms with Crippen molar-refractivity contribution in [3.63, 3.8) is 0 Å². The van der Waals surface area contributed by atoms with Gasteiger partial charge in [-0.25, -0.2) is 13.6 Å². The lowest BCUT2D eigenvalue weighted by atomic mass is 9.66. The molecule has 1 aliphatic carbocycles. The lowest BCUT2D eigenvalue weighted by Gasteiger charge is -2.41. The standard InChI is InChI=1S/C12H20F2N2O4/c13-9(14)7-16(4-5-17)11(20)15-8-12(2-1-3-12)6-10(18)19/h9,17H,1-8H2,(H,15,20)(H,18,19). The molecule has 0 radical (unpaired) electrons. The Balaban J connectivity index is 2.48. The number of urea groups is 1. The van der Waals surface area contributed by atoms with Crippen LogP contribution in [0.2, 0.25) is 0 Å². The van der Waals surface area contributed by atoms with Crippen LogP contribution in [0.1, 0.15) is 25.7 Å². The summed E-state index contributed by atoms with van der Waals surface area (Å²) >= 11 is 0. The van der Waals surface area contributed by atoms with Crippen LogP contribution in [0.15, 0.2) is 0 Å². The van der Waals surface area contributed by atoms with Gasteiger partial charge >= 0.3 is 12.0 Å². The fourth-order valence-corrected chi connectivity index (χ4v) is 2.35. The van der Waals surface area contributed by atoms with Gasteiger partial charge in [0.1, 0.15) is 0 Å². The summed E-state index contributed by atoms with van der Waals surface area (Å²) in [6.07, 6.45) is -0.408. The summed E-state index contributed by atoms with van der Waals surface area (Å²) in [6.45, 7) is -1.18. The van der Waals surface area contributed by atoms with Crippen LogP contribution in [-0.2, 0) is 4.79 Å². The monoisotopic (exact) mass is 294 g/mol. The Kier molecular flexibility index (Phi) is 6.12. The minimum Gasteiger partial charge on any atom is -0.481 e. The van der Waals surface area contributed by atoms with Gasteiger partial charge in [-0.1, -0.05) is 6.42 Å². The Bertz CT molecular complexity index is 348. The van der Waals surface area contributed by atoms with Crippen LogP contribution in [0.5, 0.6) is 0 Å². The van der Waals surface area contributed by atoms with E-state index < -0.39 is 37.0 Å². The average molecular weight is 294 g/mol. The van der Waals surface area contributed by atoms with Crippen LogP contribution in [-0.4, -0.2) is 59.8 Å². The molecule has 0 spiro atoms. The number of aliphatic hydroxyl groups is 1. The number of aliphatic hydroxyl groups excluding tert-OH is 1. The molecule has 8 heteroatoms. The highest BCUT2D eigenvalue weighted by Crippen LogP contribution is 2.43. The molecule has 1 rings (SSSR count). The van der Waals surface area contributed by atoms with Gasteiger partial charge in [-0.15, -0.1) is 0 Å². The van der Waals surface area contributed by atoms with Crippen molar-refractivity contribution in [2.24, 2.45) is 5.41 Å². The lowest BCUT2D eigenvalue weighted by Crippen LogP contribution is -2.49. The van der Waals surface area contributed by atoms with Gasteiger partial charge < -0.3 is 20.4 Å². The van der Waals surface area contributed by atoms with Gasteiger partial charge in [-0.3, -0.25) is 4.79 Å². The van der Waals surface area contributed by atoms with Crippen LogP contribution in [0.4, 0.5) is 13.6 Å². The highest BCUT2D eigenvalue weighted by atomic mass is 19.3. The number of halogens is 2. The normalized spacial score (nSPS) is 16.6. The van der Waals surface area contributed by atoms with Crippen LogP contribution in [0, 0.1) is 5.41 Å². The first-order valence-electron chi connectivity index (χ1n) is 6.52. The van der Waals surface area contributed by atoms with E-state index in [1.54, 1.807) is 0 Å². The molecule has 3 N–H and O–H groups in total. The summed E-state index contributed by atoms with van der Waals surface area (Å²) in [7, 11) is 0. The number of carbonyl (C=O) groups excluding carboxylic acids is 1. The van der Waals surface area contributed by atoms with E-state index in [2.05, 4.69) is 5.32 Å².